The zero-order chi connectivity index (χ0) is 14.9. The van der Waals surface area contributed by atoms with Crippen molar-refractivity contribution in [1.82, 2.24) is 15.4 Å². The van der Waals surface area contributed by atoms with E-state index in [9.17, 15) is 4.79 Å². The second-order valence-corrected chi connectivity index (χ2v) is 3.87. The van der Waals surface area contributed by atoms with Crippen molar-refractivity contribution in [1.29, 1.82) is 0 Å². The van der Waals surface area contributed by atoms with Crippen molar-refractivity contribution < 1.29 is 14.3 Å². The van der Waals surface area contributed by atoms with Gasteiger partial charge in [-0.3, -0.25) is 9.78 Å². The van der Waals surface area contributed by atoms with Crippen LogP contribution in [0.25, 0.3) is 0 Å². The van der Waals surface area contributed by atoms with Crippen LogP contribution in [0, 0.1) is 0 Å². The molecule has 0 bridgehead atoms. The lowest BCUT2D eigenvalue weighted by Crippen LogP contribution is -2.24. The Kier molecular flexibility index (Phi) is 5.22. The van der Waals surface area contributed by atoms with Crippen molar-refractivity contribution in [3.63, 3.8) is 0 Å². The first-order valence-corrected chi connectivity index (χ1v) is 6.13. The van der Waals surface area contributed by atoms with Gasteiger partial charge >= 0.3 is 0 Å². The van der Waals surface area contributed by atoms with Gasteiger partial charge in [0.25, 0.3) is 5.91 Å². The second-order valence-electron chi connectivity index (χ2n) is 3.87. The van der Waals surface area contributed by atoms with Gasteiger partial charge in [-0.1, -0.05) is 12.1 Å². The molecule has 1 heterocycles. The molecular formula is C14H14N4O3. The topological polar surface area (TPSA) is 85.7 Å². The van der Waals surface area contributed by atoms with Gasteiger partial charge in [-0.05, 0) is 12.1 Å². The summed E-state index contributed by atoms with van der Waals surface area (Å²) in [4.78, 5) is 19.2. The Labute approximate surface area is 121 Å². The Bertz CT molecular complexity index is 617. The normalized spacial score (nSPS) is 10.3. The second kappa shape index (κ2) is 7.59. The predicted molar refractivity (Wildman–Crippen MR) is 76.3 cm³/mol. The van der Waals surface area contributed by atoms with Gasteiger partial charge in [-0.25, -0.2) is 10.4 Å². The number of carbonyl (C=O) groups is 1. The fourth-order valence-corrected chi connectivity index (χ4v) is 1.48. The van der Waals surface area contributed by atoms with E-state index < -0.39 is 5.91 Å². The number of nitrogens with zero attached hydrogens (tertiary/aromatic N) is 3. The molecule has 1 aromatic carbocycles. The van der Waals surface area contributed by atoms with Crippen molar-refractivity contribution in [2.75, 3.05) is 13.7 Å². The van der Waals surface area contributed by atoms with Crippen molar-refractivity contribution >= 4 is 12.1 Å². The molecule has 1 N–H and O–H groups in total. The molecule has 0 spiro atoms. The number of para-hydroxylation sites is 1. The van der Waals surface area contributed by atoms with E-state index in [0.717, 1.165) is 5.56 Å². The standard InChI is InChI=1S/C14H14N4O3/c1-20-12-5-3-2-4-11(12)8-17-18-13(19)10-21-14-9-15-6-7-16-14/h2-9H,10H2,1H3,(H,18,19)/b17-8+. The maximum Gasteiger partial charge on any atom is 0.278 e. The number of methoxy groups -OCH3 is 1. The lowest BCUT2D eigenvalue weighted by Gasteiger charge is -2.04. The summed E-state index contributed by atoms with van der Waals surface area (Å²) in [6.45, 7) is -0.193. The highest BCUT2D eigenvalue weighted by Crippen LogP contribution is 2.14. The Hall–Kier alpha value is -2.96. The molecular weight excluding hydrogens is 272 g/mol. The molecule has 0 radical (unpaired) electrons. The summed E-state index contributed by atoms with van der Waals surface area (Å²) in [6, 6.07) is 7.33. The highest BCUT2D eigenvalue weighted by molar-refractivity contribution is 5.85. The van der Waals surface area contributed by atoms with Gasteiger partial charge in [0.2, 0.25) is 5.88 Å². The van der Waals surface area contributed by atoms with E-state index in [0.29, 0.717) is 5.75 Å². The average Bonchev–Trinajstić information content (AvgIpc) is 2.54. The first-order chi connectivity index (χ1) is 10.3. The van der Waals surface area contributed by atoms with Crippen LogP contribution >= 0.6 is 0 Å². The van der Waals surface area contributed by atoms with Crippen LogP contribution in [0.15, 0.2) is 48.0 Å². The lowest BCUT2D eigenvalue weighted by molar-refractivity contribution is -0.123. The number of rotatable bonds is 6. The number of carbonyl (C=O) groups excluding carboxylic acids is 1. The minimum atomic E-state index is -0.396. The van der Waals surface area contributed by atoms with E-state index in [1.165, 1.54) is 24.8 Å². The van der Waals surface area contributed by atoms with Gasteiger partial charge in [0, 0.05) is 18.0 Å². The molecule has 0 aliphatic heterocycles. The first kappa shape index (κ1) is 14.4. The maximum atomic E-state index is 11.5. The summed E-state index contributed by atoms with van der Waals surface area (Å²) in [5.74, 6) is 0.555. The van der Waals surface area contributed by atoms with Crippen LogP contribution in [0.1, 0.15) is 5.56 Å². The van der Waals surface area contributed by atoms with Gasteiger partial charge in [-0.2, -0.15) is 5.10 Å². The number of hydrogen-bond donors (Lipinski definition) is 1. The van der Waals surface area contributed by atoms with Gasteiger partial charge in [0.15, 0.2) is 6.61 Å². The number of nitrogens with one attached hydrogen (secondary N) is 1. The van der Waals surface area contributed by atoms with E-state index in [-0.39, 0.29) is 12.5 Å². The smallest absolute Gasteiger partial charge is 0.278 e. The monoisotopic (exact) mass is 286 g/mol. The fourth-order valence-electron chi connectivity index (χ4n) is 1.48. The van der Waals surface area contributed by atoms with Crippen LogP contribution in [-0.4, -0.2) is 35.8 Å². The van der Waals surface area contributed by atoms with Crippen LogP contribution in [-0.2, 0) is 4.79 Å². The quantitative estimate of drug-likeness (QED) is 0.633. The number of aromatic nitrogens is 2. The van der Waals surface area contributed by atoms with Crippen molar-refractivity contribution in [2.24, 2.45) is 5.10 Å². The molecule has 21 heavy (non-hydrogen) atoms. The first-order valence-electron chi connectivity index (χ1n) is 6.13. The molecule has 2 aromatic rings. The van der Waals surface area contributed by atoms with Crippen LogP contribution in [0.2, 0.25) is 0 Å². The molecule has 108 valence electrons. The van der Waals surface area contributed by atoms with E-state index >= 15 is 0 Å². The summed E-state index contributed by atoms with van der Waals surface area (Å²) in [6.07, 6.45) is 5.92. The number of hydrazone groups is 1. The molecule has 2 rings (SSSR count). The molecule has 7 nitrogen and oxygen atoms in total. The van der Waals surface area contributed by atoms with Crippen molar-refractivity contribution in [2.45, 2.75) is 0 Å². The third-order valence-corrected chi connectivity index (χ3v) is 2.42. The van der Waals surface area contributed by atoms with Gasteiger partial charge < -0.3 is 9.47 Å². The third-order valence-electron chi connectivity index (χ3n) is 2.42. The molecule has 0 saturated heterocycles. The molecule has 0 fully saturated rings. The van der Waals surface area contributed by atoms with Gasteiger partial charge in [0.1, 0.15) is 5.75 Å². The summed E-state index contributed by atoms with van der Waals surface area (Å²) < 4.78 is 10.3. The summed E-state index contributed by atoms with van der Waals surface area (Å²) in [5, 5.41) is 3.84. The average molecular weight is 286 g/mol. The van der Waals surface area contributed by atoms with Crippen LogP contribution < -0.4 is 14.9 Å². The third kappa shape index (κ3) is 4.57. The van der Waals surface area contributed by atoms with Crippen LogP contribution in [0.4, 0.5) is 0 Å². The predicted octanol–water partition coefficient (Wildman–Crippen LogP) is 1.01. The maximum absolute atomic E-state index is 11.5. The highest BCUT2D eigenvalue weighted by Gasteiger charge is 2.02. The molecule has 1 amide bonds. The zero-order valence-electron chi connectivity index (χ0n) is 11.4. The molecule has 7 heteroatoms. The molecule has 0 aliphatic rings. The Morgan fingerprint density at radius 3 is 3.00 bits per heavy atom. The SMILES string of the molecule is COc1ccccc1/C=N/NC(=O)COc1cnccn1. The molecule has 0 atom stereocenters. The van der Waals surface area contributed by atoms with Crippen LogP contribution in [0.5, 0.6) is 11.6 Å². The van der Waals surface area contributed by atoms with Crippen molar-refractivity contribution in [3.8, 4) is 11.6 Å². The van der Waals surface area contributed by atoms with Gasteiger partial charge in [0.05, 0.1) is 19.5 Å². The molecule has 0 unspecified atom stereocenters. The summed E-state index contributed by atoms with van der Waals surface area (Å²) in [5.41, 5.74) is 3.11. The minimum absolute atomic E-state index is 0.193. The Morgan fingerprint density at radius 2 is 2.24 bits per heavy atom. The van der Waals surface area contributed by atoms with E-state index in [4.69, 9.17) is 9.47 Å². The minimum Gasteiger partial charge on any atom is -0.496 e. The fraction of sp³-hybridized carbons (Fsp3) is 0.143. The molecule has 0 saturated carbocycles. The number of benzene rings is 1. The zero-order valence-corrected chi connectivity index (χ0v) is 11.4. The molecule has 0 aliphatic carbocycles. The van der Waals surface area contributed by atoms with Crippen LogP contribution in [0.3, 0.4) is 0 Å². The Morgan fingerprint density at radius 1 is 1.38 bits per heavy atom. The van der Waals surface area contributed by atoms with E-state index in [1.807, 2.05) is 18.2 Å². The van der Waals surface area contributed by atoms with Crippen molar-refractivity contribution in [3.05, 3.63) is 48.4 Å². The largest absolute Gasteiger partial charge is 0.496 e. The van der Waals surface area contributed by atoms with Gasteiger partial charge in [-0.15, -0.1) is 0 Å². The number of amides is 1. The molecule has 1 aromatic heterocycles. The van der Waals surface area contributed by atoms with E-state index in [2.05, 4.69) is 20.5 Å². The highest BCUT2D eigenvalue weighted by atomic mass is 16.5. The van der Waals surface area contributed by atoms with E-state index in [1.54, 1.807) is 13.2 Å². The lowest BCUT2D eigenvalue weighted by atomic mass is 10.2. The summed E-state index contributed by atoms with van der Waals surface area (Å²) >= 11 is 0. The number of hydrogen-bond acceptors (Lipinski definition) is 6. The summed E-state index contributed by atoms with van der Waals surface area (Å²) in [7, 11) is 1.57. The number of ether oxygens (including phenoxy) is 2. The Balaban J connectivity index is 1.82.